The molecule has 4 aliphatic carbocycles. The molecule has 0 aromatic heterocycles. The van der Waals surface area contributed by atoms with Crippen LogP contribution in [-0.2, 0) is 10.2 Å². The Labute approximate surface area is 171 Å². The van der Waals surface area contributed by atoms with Crippen molar-refractivity contribution in [2.45, 2.75) is 37.2 Å². The van der Waals surface area contributed by atoms with Crippen molar-refractivity contribution in [3.8, 4) is 0 Å². The van der Waals surface area contributed by atoms with Gasteiger partial charge in [-0.25, -0.2) is 0 Å². The van der Waals surface area contributed by atoms with E-state index in [1.807, 2.05) is 4.90 Å². The first-order valence-electron chi connectivity index (χ1n) is 11.0. The van der Waals surface area contributed by atoms with E-state index in [1.165, 1.54) is 12.0 Å². The van der Waals surface area contributed by atoms with Gasteiger partial charge in [0.25, 0.3) is 0 Å². The Morgan fingerprint density at radius 3 is 2.69 bits per heavy atom. The summed E-state index contributed by atoms with van der Waals surface area (Å²) < 4.78 is 0. The molecule has 6 nitrogen and oxygen atoms in total. The summed E-state index contributed by atoms with van der Waals surface area (Å²) in [5.41, 5.74) is 10.3. The summed E-state index contributed by atoms with van der Waals surface area (Å²) in [7, 11) is 1.74. The Hall–Kier alpha value is -2.08. The summed E-state index contributed by atoms with van der Waals surface area (Å²) in [4.78, 5) is 15.3. The van der Waals surface area contributed by atoms with Crippen LogP contribution in [0.2, 0.25) is 0 Å². The number of nitrogens with two attached hydrogens (primary N) is 1. The van der Waals surface area contributed by atoms with E-state index >= 15 is 0 Å². The van der Waals surface area contributed by atoms with E-state index in [1.54, 1.807) is 7.05 Å². The fourth-order valence-corrected chi connectivity index (χ4v) is 8.31. The lowest BCUT2D eigenvalue weighted by molar-refractivity contribution is -0.271. The number of carbonyl (C=O) groups is 1. The highest BCUT2D eigenvalue weighted by molar-refractivity contribution is 5.87. The molecule has 1 spiro atoms. The minimum absolute atomic E-state index is 0.0422. The van der Waals surface area contributed by atoms with Crippen LogP contribution in [0.4, 0.5) is 0 Å². The quantitative estimate of drug-likeness (QED) is 0.399. The lowest BCUT2D eigenvalue weighted by Gasteiger charge is -2.77. The molecule has 5 aliphatic rings. The van der Waals surface area contributed by atoms with Crippen molar-refractivity contribution < 1.29 is 9.90 Å². The molecule has 29 heavy (non-hydrogen) atoms. The zero-order valence-corrected chi connectivity index (χ0v) is 16.9. The summed E-state index contributed by atoms with van der Waals surface area (Å²) in [5, 5.41) is 14.7. The van der Waals surface area contributed by atoms with Crippen molar-refractivity contribution in [3.05, 3.63) is 35.9 Å². The van der Waals surface area contributed by atoms with Gasteiger partial charge in [-0.2, -0.15) is 5.10 Å². The highest BCUT2D eigenvalue weighted by Crippen LogP contribution is 2.87. The monoisotopic (exact) mass is 394 g/mol. The number of nitrogens with one attached hydrogen (secondary N) is 1. The highest BCUT2D eigenvalue weighted by Gasteiger charge is 2.85. The molecule has 7 atom stereocenters. The van der Waals surface area contributed by atoms with Crippen LogP contribution in [0.1, 0.15) is 31.2 Å². The van der Waals surface area contributed by atoms with Crippen LogP contribution in [-0.4, -0.2) is 48.0 Å². The van der Waals surface area contributed by atoms with Gasteiger partial charge in [0.15, 0.2) is 0 Å². The van der Waals surface area contributed by atoms with Gasteiger partial charge in [-0.15, -0.1) is 0 Å². The Balaban J connectivity index is 1.26. The van der Waals surface area contributed by atoms with Crippen LogP contribution < -0.4 is 11.2 Å². The number of amides is 1. The average molecular weight is 395 g/mol. The van der Waals surface area contributed by atoms with Gasteiger partial charge in [0.05, 0.1) is 12.0 Å². The summed E-state index contributed by atoms with van der Waals surface area (Å²) in [6, 6.07) is 10.7. The molecular weight excluding hydrogens is 364 g/mol. The largest absolute Gasteiger partial charge is 0.393 e. The highest BCUT2D eigenvalue weighted by atomic mass is 16.3. The third-order valence-corrected chi connectivity index (χ3v) is 9.42. The average Bonchev–Trinajstić information content (AvgIpc) is 3.16. The molecule has 1 aromatic carbocycles. The molecule has 154 valence electrons. The van der Waals surface area contributed by atoms with Crippen molar-refractivity contribution in [2.75, 3.05) is 20.1 Å². The molecule has 6 unspecified atom stereocenters. The van der Waals surface area contributed by atoms with Crippen LogP contribution in [0.25, 0.3) is 0 Å². The molecule has 1 heterocycles. The minimum Gasteiger partial charge on any atom is -0.393 e. The van der Waals surface area contributed by atoms with E-state index < -0.39 is 0 Å². The second-order valence-electron chi connectivity index (χ2n) is 10.1. The molecule has 1 amide bonds. The van der Waals surface area contributed by atoms with Crippen molar-refractivity contribution >= 4 is 11.7 Å². The van der Waals surface area contributed by atoms with E-state index in [2.05, 4.69) is 40.9 Å². The number of aliphatic hydroxyl groups excluding tert-OH is 1. The lowest BCUT2D eigenvalue weighted by Crippen LogP contribution is -2.76. The molecule has 1 saturated heterocycles. The van der Waals surface area contributed by atoms with Crippen LogP contribution in [0.3, 0.4) is 0 Å². The second kappa shape index (κ2) is 5.75. The lowest BCUT2D eigenvalue weighted by atomic mass is 9.26. The van der Waals surface area contributed by atoms with Gasteiger partial charge in [-0.05, 0) is 53.9 Å². The van der Waals surface area contributed by atoms with E-state index in [9.17, 15) is 9.90 Å². The number of hydrogen-bond acceptors (Lipinski definition) is 4. The van der Waals surface area contributed by atoms with Gasteiger partial charge in [0.1, 0.15) is 5.84 Å². The van der Waals surface area contributed by atoms with Gasteiger partial charge >= 0.3 is 0 Å². The van der Waals surface area contributed by atoms with Crippen molar-refractivity contribution in [2.24, 2.45) is 45.8 Å². The molecule has 2 bridgehead atoms. The molecule has 0 radical (unpaired) electrons. The van der Waals surface area contributed by atoms with Crippen molar-refractivity contribution in [1.29, 1.82) is 0 Å². The number of likely N-dealkylation sites (tertiary alicyclic amines) is 1. The van der Waals surface area contributed by atoms with Gasteiger partial charge in [-0.1, -0.05) is 30.3 Å². The van der Waals surface area contributed by atoms with Crippen molar-refractivity contribution in [1.82, 2.24) is 10.3 Å². The maximum Gasteiger partial charge on any atom is 0.223 e. The smallest absolute Gasteiger partial charge is 0.223 e. The van der Waals surface area contributed by atoms with Crippen LogP contribution in [0, 0.1) is 35.0 Å². The van der Waals surface area contributed by atoms with E-state index in [0.29, 0.717) is 54.4 Å². The molecule has 4 saturated carbocycles. The Bertz CT molecular complexity index is 882. The number of hydrogen-bond donors (Lipinski definition) is 3. The van der Waals surface area contributed by atoms with Gasteiger partial charge < -0.3 is 21.2 Å². The topological polar surface area (TPSA) is 91.0 Å². The first-order chi connectivity index (χ1) is 14.0. The standard InChI is InChI=1S/C23H30N4O2/c1-25-26-21(24)14-11-27(12-14)19(28)10-22(15-5-3-2-4-6-15)17-7-13-9-23(17)16(20(13)29)8-18(22)23/h2-6,13-14,16-18,20,25,29H,7-12H2,1H3,(H2,24,26)/t13?,16?,17?,18?,20-,22?,23?/m1/s1. The Morgan fingerprint density at radius 1 is 1.28 bits per heavy atom. The first-order valence-corrected chi connectivity index (χ1v) is 11.0. The zero-order chi connectivity index (χ0) is 20.0. The summed E-state index contributed by atoms with van der Waals surface area (Å²) >= 11 is 0. The number of carbonyl (C=O) groups excluding carboxylic acids is 1. The predicted octanol–water partition coefficient (Wildman–Crippen LogP) is 1.30. The summed E-state index contributed by atoms with van der Waals surface area (Å²) in [6.07, 6.45) is 3.85. The second-order valence-corrected chi connectivity index (χ2v) is 10.1. The minimum atomic E-state index is -0.0995. The first kappa shape index (κ1) is 17.8. The summed E-state index contributed by atoms with van der Waals surface area (Å²) in [6.45, 7) is 1.34. The Morgan fingerprint density at radius 2 is 2.00 bits per heavy atom. The van der Waals surface area contributed by atoms with E-state index in [-0.39, 0.29) is 23.3 Å². The number of fused-ring (bicyclic) bond motifs is 1. The molecule has 1 aliphatic heterocycles. The maximum absolute atomic E-state index is 13.3. The fraction of sp³-hybridized carbons (Fsp3) is 0.652. The number of rotatable bonds is 5. The van der Waals surface area contributed by atoms with Gasteiger partial charge in [0, 0.05) is 32.0 Å². The van der Waals surface area contributed by atoms with Crippen LogP contribution in [0.5, 0.6) is 0 Å². The molecule has 1 aromatic rings. The van der Waals surface area contributed by atoms with Gasteiger partial charge in [-0.3, -0.25) is 4.79 Å². The van der Waals surface area contributed by atoms with Crippen LogP contribution >= 0.6 is 0 Å². The maximum atomic E-state index is 13.3. The van der Waals surface area contributed by atoms with E-state index in [4.69, 9.17) is 5.73 Å². The zero-order valence-electron chi connectivity index (χ0n) is 16.9. The predicted molar refractivity (Wildman–Crippen MR) is 110 cm³/mol. The number of amidine groups is 1. The molecular formula is C23H30N4O2. The molecule has 6 rings (SSSR count). The molecule has 5 fully saturated rings. The molecule has 6 heteroatoms. The number of aliphatic hydroxyl groups is 1. The third-order valence-electron chi connectivity index (χ3n) is 9.42. The van der Waals surface area contributed by atoms with Crippen LogP contribution in [0.15, 0.2) is 35.4 Å². The fourth-order valence-electron chi connectivity index (χ4n) is 8.31. The van der Waals surface area contributed by atoms with Crippen molar-refractivity contribution in [3.63, 3.8) is 0 Å². The summed E-state index contributed by atoms with van der Waals surface area (Å²) in [5.74, 6) is 3.02. The number of hydrazone groups is 1. The number of benzene rings is 1. The Kier molecular flexibility index (Phi) is 3.52. The normalized spacial score (nSPS) is 44.6. The molecule has 4 N–H and O–H groups in total. The third kappa shape index (κ3) is 1.96. The van der Waals surface area contributed by atoms with E-state index in [0.717, 1.165) is 12.8 Å². The van der Waals surface area contributed by atoms with Gasteiger partial charge in [0.2, 0.25) is 5.91 Å². The SMILES string of the molecule is CN/N=C(\N)C1CN(C(=O)CC2(c3ccccc3)C3CC4CC35C(CC25)[C@@H]4O)C1. The number of nitrogens with zero attached hydrogens (tertiary/aromatic N) is 2.